The van der Waals surface area contributed by atoms with Crippen LogP contribution in [0.3, 0.4) is 0 Å². The number of rotatable bonds is 10. The molecule has 0 aliphatic rings. The minimum Gasteiger partial charge on any atom is -0.305 e. The monoisotopic (exact) mass is 399 g/mol. The molecule has 0 amide bonds. The first-order valence-corrected chi connectivity index (χ1v) is 11.4. The molecule has 0 heterocycles. The molecule has 1 heteroatoms. The van der Waals surface area contributed by atoms with E-state index in [0.717, 1.165) is 6.54 Å². The maximum atomic E-state index is 2.38. The molecule has 0 aromatic heterocycles. The molecule has 3 aromatic rings. The average Bonchev–Trinajstić information content (AvgIpc) is 2.78. The Morgan fingerprint density at radius 2 is 1.17 bits per heavy atom. The van der Waals surface area contributed by atoms with Crippen molar-refractivity contribution in [1.29, 1.82) is 0 Å². The van der Waals surface area contributed by atoms with E-state index in [1.54, 1.807) is 0 Å². The van der Waals surface area contributed by atoms with Crippen LogP contribution >= 0.6 is 0 Å². The molecule has 0 saturated heterocycles. The molecule has 1 nitrogen and oxygen atoms in total. The molecular weight excluding hydrogens is 362 g/mol. The van der Waals surface area contributed by atoms with E-state index in [1.165, 1.54) is 41.5 Å². The maximum Gasteiger partial charge on any atom is 0.0227 e. The van der Waals surface area contributed by atoms with Crippen molar-refractivity contribution in [2.75, 3.05) is 14.1 Å². The second-order valence-corrected chi connectivity index (χ2v) is 8.98. The molecule has 0 bridgehead atoms. The Morgan fingerprint density at radius 1 is 0.633 bits per heavy atom. The zero-order valence-corrected chi connectivity index (χ0v) is 19.1. The van der Waals surface area contributed by atoms with Crippen molar-refractivity contribution >= 4 is 0 Å². The lowest BCUT2D eigenvalue weighted by atomic mass is 9.78. The summed E-state index contributed by atoms with van der Waals surface area (Å²) in [5, 5.41) is 0. The lowest BCUT2D eigenvalue weighted by Gasteiger charge is -2.26. The van der Waals surface area contributed by atoms with Crippen LogP contribution < -0.4 is 0 Å². The number of hydrogen-bond donors (Lipinski definition) is 0. The summed E-state index contributed by atoms with van der Waals surface area (Å²) in [6.07, 6.45) is 3.56. The fourth-order valence-electron chi connectivity index (χ4n) is 4.58. The van der Waals surface area contributed by atoms with E-state index in [2.05, 4.69) is 118 Å². The van der Waals surface area contributed by atoms with Gasteiger partial charge in [-0.25, -0.2) is 0 Å². The van der Waals surface area contributed by atoms with Crippen LogP contribution in [0.2, 0.25) is 0 Å². The molecule has 3 aromatic carbocycles. The normalized spacial score (nSPS) is 14.4. The Labute approximate surface area is 183 Å². The van der Waals surface area contributed by atoms with Crippen LogP contribution in [0.25, 0.3) is 0 Å². The van der Waals surface area contributed by atoms with Gasteiger partial charge in [0, 0.05) is 6.54 Å². The average molecular weight is 400 g/mol. The summed E-state index contributed by atoms with van der Waals surface area (Å²) in [4.78, 5) is 2.22. The molecule has 0 N–H and O–H groups in total. The SMILES string of the molecule is CCC(CC(CC(C)c1ccccc1)c1ccccc1)c1ccc(CN(C)C)cc1. The highest BCUT2D eigenvalue weighted by Crippen LogP contribution is 2.38. The van der Waals surface area contributed by atoms with Crippen LogP contribution in [0, 0.1) is 0 Å². The highest BCUT2D eigenvalue weighted by atomic mass is 15.0. The first-order chi connectivity index (χ1) is 14.6. The van der Waals surface area contributed by atoms with Crippen molar-refractivity contribution < 1.29 is 0 Å². The molecule has 3 unspecified atom stereocenters. The van der Waals surface area contributed by atoms with Crippen molar-refractivity contribution in [2.45, 2.75) is 57.4 Å². The molecule has 0 fully saturated rings. The molecule has 0 spiro atoms. The molecular formula is C29H37N. The van der Waals surface area contributed by atoms with E-state index < -0.39 is 0 Å². The minimum absolute atomic E-state index is 0.552. The largest absolute Gasteiger partial charge is 0.305 e. The van der Waals surface area contributed by atoms with Crippen molar-refractivity contribution in [3.05, 3.63) is 107 Å². The molecule has 0 radical (unpaired) electrons. The summed E-state index contributed by atoms with van der Waals surface area (Å²) in [5.41, 5.74) is 5.78. The second-order valence-electron chi connectivity index (χ2n) is 8.98. The van der Waals surface area contributed by atoms with Crippen molar-refractivity contribution in [1.82, 2.24) is 4.90 Å². The molecule has 30 heavy (non-hydrogen) atoms. The Hall–Kier alpha value is -2.38. The minimum atomic E-state index is 0.552. The highest BCUT2D eigenvalue weighted by molar-refractivity contribution is 5.28. The quantitative estimate of drug-likeness (QED) is 0.339. The second kappa shape index (κ2) is 11.1. The fraction of sp³-hybridized carbons (Fsp3) is 0.379. The first kappa shape index (κ1) is 22.3. The molecule has 0 aliphatic heterocycles. The lowest BCUT2D eigenvalue weighted by molar-refractivity contribution is 0.402. The fourth-order valence-corrected chi connectivity index (χ4v) is 4.58. The zero-order valence-electron chi connectivity index (χ0n) is 19.1. The van der Waals surface area contributed by atoms with Crippen molar-refractivity contribution in [3.63, 3.8) is 0 Å². The predicted molar refractivity (Wildman–Crippen MR) is 130 cm³/mol. The van der Waals surface area contributed by atoms with Crippen LogP contribution in [0.15, 0.2) is 84.9 Å². The van der Waals surface area contributed by atoms with Gasteiger partial charge in [-0.05, 0) is 73.4 Å². The lowest BCUT2D eigenvalue weighted by Crippen LogP contribution is -2.11. The summed E-state index contributed by atoms with van der Waals surface area (Å²) in [6.45, 7) is 5.71. The van der Waals surface area contributed by atoms with Crippen molar-refractivity contribution in [3.8, 4) is 0 Å². The standard InChI is InChI=1S/C29H37N/c1-5-25(28-18-16-24(17-19-28)22-30(3)4)21-29(27-14-10-7-11-15-27)20-23(2)26-12-8-6-9-13-26/h6-19,23,25,29H,5,20-22H2,1-4H3. The van der Waals surface area contributed by atoms with E-state index in [0.29, 0.717) is 17.8 Å². The van der Waals surface area contributed by atoms with Gasteiger partial charge in [-0.2, -0.15) is 0 Å². The van der Waals surface area contributed by atoms with Crippen molar-refractivity contribution in [2.24, 2.45) is 0 Å². The van der Waals surface area contributed by atoms with Gasteiger partial charge in [0.25, 0.3) is 0 Å². The van der Waals surface area contributed by atoms with E-state index in [9.17, 15) is 0 Å². The summed E-state index contributed by atoms with van der Waals surface area (Å²) >= 11 is 0. The van der Waals surface area contributed by atoms with Crippen LogP contribution in [-0.2, 0) is 6.54 Å². The molecule has 0 saturated carbocycles. The van der Waals surface area contributed by atoms with Gasteiger partial charge in [0.2, 0.25) is 0 Å². The van der Waals surface area contributed by atoms with Crippen LogP contribution in [0.5, 0.6) is 0 Å². The van der Waals surface area contributed by atoms with E-state index in [-0.39, 0.29) is 0 Å². The summed E-state index contributed by atoms with van der Waals surface area (Å²) < 4.78 is 0. The van der Waals surface area contributed by atoms with Gasteiger partial charge in [0.1, 0.15) is 0 Å². The number of benzene rings is 3. The Balaban J connectivity index is 1.78. The molecule has 0 aliphatic carbocycles. The van der Waals surface area contributed by atoms with Gasteiger partial charge in [-0.3, -0.25) is 0 Å². The van der Waals surface area contributed by atoms with Crippen LogP contribution in [0.4, 0.5) is 0 Å². The third-order valence-corrected chi connectivity index (χ3v) is 6.29. The topological polar surface area (TPSA) is 3.24 Å². The first-order valence-electron chi connectivity index (χ1n) is 11.4. The molecule has 158 valence electrons. The Morgan fingerprint density at radius 3 is 1.70 bits per heavy atom. The van der Waals surface area contributed by atoms with Gasteiger partial charge in [-0.15, -0.1) is 0 Å². The van der Waals surface area contributed by atoms with E-state index >= 15 is 0 Å². The Kier molecular flexibility index (Phi) is 8.28. The number of nitrogens with zero attached hydrogens (tertiary/aromatic N) is 1. The zero-order chi connectivity index (χ0) is 21.3. The third-order valence-electron chi connectivity index (χ3n) is 6.29. The highest BCUT2D eigenvalue weighted by Gasteiger charge is 2.21. The van der Waals surface area contributed by atoms with Gasteiger partial charge >= 0.3 is 0 Å². The summed E-state index contributed by atoms with van der Waals surface area (Å²) in [7, 11) is 4.25. The molecule has 3 rings (SSSR count). The summed E-state index contributed by atoms with van der Waals surface area (Å²) in [5.74, 6) is 1.70. The Bertz CT molecular complexity index is 852. The van der Waals surface area contributed by atoms with Gasteiger partial charge in [-0.1, -0.05) is 98.8 Å². The maximum absolute atomic E-state index is 2.38. The van der Waals surface area contributed by atoms with Crippen LogP contribution in [0.1, 0.15) is 73.1 Å². The van der Waals surface area contributed by atoms with E-state index in [4.69, 9.17) is 0 Å². The summed E-state index contributed by atoms with van der Waals surface area (Å²) in [6, 6.07) is 31.4. The van der Waals surface area contributed by atoms with Gasteiger partial charge in [0.05, 0.1) is 0 Å². The third kappa shape index (κ3) is 6.31. The van der Waals surface area contributed by atoms with Gasteiger partial charge < -0.3 is 4.90 Å². The predicted octanol–water partition coefficient (Wildman–Crippen LogP) is 7.61. The van der Waals surface area contributed by atoms with Crippen LogP contribution in [-0.4, -0.2) is 19.0 Å². The number of hydrogen-bond acceptors (Lipinski definition) is 1. The smallest absolute Gasteiger partial charge is 0.0227 e. The molecule has 3 atom stereocenters. The van der Waals surface area contributed by atoms with E-state index in [1.807, 2.05) is 0 Å². The van der Waals surface area contributed by atoms with Gasteiger partial charge in [0.15, 0.2) is 0 Å².